The Labute approximate surface area is 93.9 Å². The SMILES string of the molecule is CNC(C)(CO)CN1CCC(C)CC1C. The zero-order chi connectivity index (χ0) is 11.5. The molecule has 0 aliphatic carbocycles. The fourth-order valence-corrected chi connectivity index (χ4v) is 2.35. The monoisotopic (exact) mass is 214 g/mol. The summed E-state index contributed by atoms with van der Waals surface area (Å²) in [5.74, 6) is 0.853. The standard InChI is InChI=1S/C12H26N2O/c1-10-5-6-14(11(2)7-10)8-12(3,9-15)13-4/h10-11,13,15H,5-9H2,1-4H3. The van der Waals surface area contributed by atoms with Crippen LogP contribution in [-0.2, 0) is 0 Å². The first-order chi connectivity index (χ1) is 7.00. The van der Waals surface area contributed by atoms with E-state index in [1.54, 1.807) is 0 Å². The molecule has 90 valence electrons. The molecule has 0 bridgehead atoms. The van der Waals surface area contributed by atoms with Crippen LogP contribution in [0.4, 0.5) is 0 Å². The van der Waals surface area contributed by atoms with Crippen molar-refractivity contribution in [3.63, 3.8) is 0 Å². The Bertz CT molecular complexity index is 192. The summed E-state index contributed by atoms with van der Waals surface area (Å²) < 4.78 is 0. The average Bonchev–Trinajstić information content (AvgIpc) is 2.22. The smallest absolute Gasteiger partial charge is 0.0623 e. The van der Waals surface area contributed by atoms with Crippen molar-refractivity contribution in [2.24, 2.45) is 5.92 Å². The van der Waals surface area contributed by atoms with Crippen molar-refractivity contribution in [3.05, 3.63) is 0 Å². The molecule has 0 aromatic heterocycles. The van der Waals surface area contributed by atoms with E-state index in [2.05, 4.69) is 31.0 Å². The van der Waals surface area contributed by atoms with Crippen LogP contribution in [0.25, 0.3) is 0 Å². The van der Waals surface area contributed by atoms with Gasteiger partial charge in [-0.25, -0.2) is 0 Å². The number of piperidine rings is 1. The third-order valence-electron chi connectivity index (χ3n) is 3.78. The highest BCUT2D eigenvalue weighted by Gasteiger charge is 2.29. The molecule has 0 spiro atoms. The molecule has 1 rings (SSSR count). The van der Waals surface area contributed by atoms with Gasteiger partial charge in [-0.3, -0.25) is 4.90 Å². The molecule has 0 radical (unpaired) electrons. The van der Waals surface area contributed by atoms with Gasteiger partial charge in [0.05, 0.1) is 12.1 Å². The molecule has 0 aromatic rings. The molecule has 3 atom stereocenters. The van der Waals surface area contributed by atoms with Gasteiger partial charge in [-0.15, -0.1) is 0 Å². The molecule has 15 heavy (non-hydrogen) atoms. The highest BCUT2D eigenvalue weighted by molar-refractivity contribution is 4.88. The van der Waals surface area contributed by atoms with Crippen LogP contribution in [0, 0.1) is 5.92 Å². The molecule has 3 nitrogen and oxygen atoms in total. The van der Waals surface area contributed by atoms with Gasteiger partial charge in [-0.1, -0.05) is 6.92 Å². The Balaban J connectivity index is 2.50. The first kappa shape index (κ1) is 12.9. The predicted octanol–water partition coefficient (Wildman–Crippen LogP) is 1.08. The third kappa shape index (κ3) is 3.44. The van der Waals surface area contributed by atoms with Gasteiger partial charge in [0.2, 0.25) is 0 Å². The number of rotatable bonds is 4. The first-order valence-electron chi connectivity index (χ1n) is 6.04. The Kier molecular flexibility index (Phi) is 4.56. The minimum absolute atomic E-state index is 0.158. The maximum atomic E-state index is 9.37. The normalized spacial score (nSPS) is 32.6. The molecule has 1 heterocycles. The second-order valence-electron chi connectivity index (χ2n) is 5.42. The number of nitrogens with zero attached hydrogens (tertiary/aromatic N) is 1. The van der Waals surface area contributed by atoms with Gasteiger partial charge in [-0.05, 0) is 46.2 Å². The number of aliphatic hydroxyl groups excluding tert-OH is 1. The van der Waals surface area contributed by atoms with Gasteiger partial charge in [0.15, 0.2) is 0 Å². The molecule has 1 saturated heterocycles. The molecule has 0 aromatic carbocycles. The van der Waals surface area contributed by atoms with Crippen molar-refractivity contribution in [2.75, 3.05) is 26.7 Å². The lowest BCUT2D eigenvalue weighted by molar-refractivity contribution is 0.0701. The van der Waals surface area contributed by atoms with Gasteiger partial charge in [0.1, 0.15) is 0 Å². The lowest BCUT2D eigenvalue weighted by Gasteiger charge is -2.41. The lowest BCUT2D eigenvalue weighted by Crippen LogP contribution is -2.55. The van der Waals surface area contributed by atoms with E-state index in [1.807, 2.05) is 7.05 Å². The van der Waals surface area contributed by atoms with E-state index in [0.29, 0.717) is 6.04 Å². The second kappa shape index (κ2) is 5.28. The zero-order valence-electron chi connectivity index (χ0n) is 10.6. The Hall–Kier alpha value is -0.120. The molecular formula is C12H26N2O. The first-order valence-corrected chi connectivity index (χ1v) is 6.04. The number of hydrogen-bond acceptors (Lipinski definition) is 3. The van der Waals surface area contributed by atoms with Crippen LogP contribution in [-0.4, -0.2) is 48.3 Å². The van der Waals surface area contributed by atoms with Crippen molar-refractivity contribution in [1.82, 2.24) is 10.2 Å². The summed E-state index contributed by atoms with van der Waals surface area (Å²) in [7, 11) is 1.92. The van der Waals surface area contributed by atoms with Crippen LogP contribution in [0.3, 0.4) is 0 Å². The van der Waals surface area contributed by atoms with Crippen molar-refractivity contribution in [3.8, 4) is 0 Å². The maximum Gasteiger partial charge on any atom is 0.0623 e. The number of likely N-dealkylation sites (tertiary alicyclic amines) is 1. The van der Waals surface area contributed by atoms with Crippen LogP contribution in [0.15, 0.2) is 0 Å². The van der Waals surface area contributed by atoms with Crippen LogP contribution in [0.5, 0.6) is 0 Å². The van der Waals surface area contributed by atoms with E-state index in [0.717, 1.165) is 12.5 Å². The summed E-state index contributed by atoms with van der Waals surface area (Å²) in [6.45, 7) is 9.01. The number of aliphatic hydroxyl groups is 1. The Morgan fingerprint density at radius 2 is 2.13 bits per heavy atom. The zero-order valence-corrected chi connectivity index (χ0v) is 10.6. The summed E-state index contributed by atoms with van der Waals surface area (Å²) in [6.07, 6.45) is 2.57. The minimum Gasteiger partial charge on any atom is -0.394 e. The molecule has 3 unspecified atom stereocenters. The van der Waals surface area contributed by atoms with Crippen LogP contribution in [0.1, 0.15) is 33.6 Å². The maximum absolute atomic E-state index is 9.37. The van der Waals surface area contributed by atoms with Crippen LogP contribution in [0.2, 0.25) is 0 Å². The van der Waals surface area contributed by atoms with E-state index in [-0.39, 0.29) is 12.1 Å². The fourth-order valence-electron chi connectivity index (χ4n) is 2.35. The van der Waals surface area contributed by atoms with Crippen molar-refractivity contribution >= 4 is 0 Å². The van der Waals surface area contributed by atoms with E-state index >= 15 is 0 Å². The van der Waals surface area contributed by atoms with Gasteiger partial charge in [0, 0.05) is 12.6 Å². The predicted molar refractivity (Wildman–Crippen MR) is 64.0 cm³/mol. The Morgan fingerprint density at radius 1 is 1.47 bits per heavy atom. The summed E-state index contributed by atoms with van der Waals surface area (Å²) in [4.78, 5) is 2.49. The van der Waals surface area contributed by atoms with Gasteiger partial charge < -0.3 is 10.4 Å². The highest BCUT2D eigenvalue weighted by Crippen LogP contribution is 2.23. The molecule has 3 heteroatoms. The van der Waals surface area contributed by atoms with E-state index in [9.17, 15) is 5.11 Å². The topological polar surface area (TPSA) is 35.5 Å². The minimum atomic E-state index is -0.158. The van der Waals surface area contributed by atoms with Gasteiger partial charge >= 0.3 is 0 Å². The summed E-state index contributed by atoms with van der Waals surface area (Å²) >= 11 is 0. The lowest BCUT2D eigenvalue weighted by atomic mass is 9.91. The van der Waals surface area contributed by atoms with Crippen molar-refractivity contribution in [1.29, 1.82) is 0 Å². The Morgan fingerprint density at radius 3 is 2.60 bits per heavy atom. The number of hydrogen-bond donors (Lipinski definition) is 2. The summed E-state index contributed by atoms with van der Waals surface area (Å²) in [5, 5.41) is 12.6. The highest BCUT2D eigenvalue weighted by atomic mass is 16.3. The molecule has 2 N–H and O–H groups in total. The average molecular weight is 214 g/mol. The third-order valence-corrected chi connectivity index (χ3v) is 3.78. The molecule has 1 aliphatic heterocycles. The molecule has 0 saturated carbocycles. The summed E-state index contributed by atoms with van der Waals surface area (Å²) in [5.41, 5.74) is -0.158. The molecular weight excluding hydrogens is 188 g/mol. The fraction of sp³-hybridized carbons (Fsp3) is 1.00. The second-order valence-corrected chi connectivity index (χ2v) is 5.42. The quantitative estimate of drug-likeness (QED) is 0.735. The number of likely N-dealkylation sites (N-methyl/N-ethyl adjacent to an activating group) is 1. The van der Waals surface area contributed by atoms with E-state index in [4.69, 9.17) is 0 Å². The van der Waals surface area contributed by atoms with E-state index < -0.39 is 0 Å². The van der Waals surface area contributed by atoms with E-state index in [1.165, 1.54) is 19.4 Å². The molecule has 1 aliphatic rings. The molecule has 0 amide bonds. The summed E-state index contributed by atoms with van der Waals surface area (Å²) in [6, 6.07) is 0.646. The van der Waals surface area contributed by atoms with Crippen LogP contribution < -0.4 is 5.32 Å². The van der Waals surface area contributed by atoms with Crippen molar-refractivity contribution in [2.45, 2.75) is 45.2 Å². The van der Waals surface area contributed by atoms with Gasteiger partial charge in [-0.2, -0.15) is 0 Å². The van der Waals surface area contributed by atoms with Crippen LogP contribution >= 0.6 is 0 Å². The van der Waals surface area contributed by atoms with Crippen molar-refractivity contribution < 1.29 is 5.11 Å². The molecule has 1 fully saturated rings. The van der Waals surface area contributed by atoms with Gasteiger partial charge in [0.25, 0.3) is 0 Å². The number of nitrogens with one attached hydrogen (secondary N) is 1. The largest absolute Gasteiger partial charge is 0.394 e.